The summed E-state index contributed by atoms with van der Waals surface area (Å²) < 4.78 is 22.1. The third-order valence-corrected chi connectivity index (χ3v) is 3.36. The summed E-state index contributed by atoms with van der Waals surface area (Å²) >= 11 is 0. The molecule has 1 aromatic rings. The van der Waals surface area contributed by atoms with Crippen molar-refractivity contribution in [2.45, 2.75) is 13.0 Å². The fourth-order valence-electron chi connectivity index (χ4n) is 1.32. The van der Waals surface area contributed by atoms with Crippen LogP contribution in [0.25, 0.3) is 0 Å². The monoisotopic (exact) mass is 258 g/mol. The number of hydrogen-bond donors (Lipinski definition) is 1. The van der Waals surface area contributed by atoms with Crippen LogP contribution in [0.4, 0.5) is 5.82 Å². The fraction of sp³-hybridized carbons (Fsp3) is 0.545. The molecule has 0 aromatic carbocycles. The molecule has 96 valence electrons. The van der Waals surface area contributed by atoms with Gasteiger partial charge >= 0.3 is 0 Å². The first kappa shape index (κ1) is 13.9. The first-order valence-corrected chi connectivity index (χ1v) is 7.38. The molecule has 0 radical (unpaired) electrons. The number of hydrogen-bond acceptors (Lipinski definition) is 5. The van der Waals surface area contributed by atoms with E-state index in [1.165, 1.54) is 6.26 Å². The van der Waals surface area contributed by atoms with E-state index in [1.54, 1.807) is 37.2 Å². The lowest BCUT2D eigenvalue weighted by Crippen LogP contribution is -2.25. The van der Waals surface area contributed by atoms with Gasteiger partial charge in [-0.25, -0.2) is 13.4 Å². The first-order valence-electron chi connectivity index (χ1n) is 5.32. The third-order valence-electron chi connectivity index (χ3n) is 2.44. The van der Waals surface area contributed by atoms with Gasteiger partial charge in [0.15, 0.2) is 0 Å². The van der Waals surface area contributed by atoms with E-state index >= 15 is 0 Å². The molecule has 1 aromatic heterocycles. The van der Waals surface area contributed by atoms with Gasteiger partial charge in [0.2, 0.25) is 0 Å². The highest BCUT2D eigenvalue weighted by Gasteiger charge is 2.09. The Hall–Kier alpha value is -1.14. The van der Waals surface area contributed by atoms with Crippen LogP contribution in [0.15, 0.2) is 18.3 Å². The van der Waals surface area contributed by atoms with Crippen LogP contribution >= 0.6 is 0 Å². The Labute approximate surface area is 102 Å². The van der Waals surface area contributed by atoms with Crippen molar-refractivity contribution in [3.05, 3.63) is 23.9 Å². The molecule has 0 bridgehead atoms. The maximum Gasteiger partial charge on any atom is 0.149 e. The molecule has 0 saturated carbocycles. The second-order valence-corrected chi connectivity index (χ2v) is 6.43. The van der Waals surface area contributed by atoms with Gasteiger partial charge in [-0.3, -0.25) is 0 Å². The summed E-state index contributed by atoms with van der Waals surface area (Å²) in [5.41, 5.74) is 0.765. The Kier molecular flexibility index (Phi) is 4.47. The zero-order valence-corrected chi connectivity index (χ0v) is 11.1. The van der Waals surface area contributed by atoms with Crippen molar-refractivity contribution >= 4 is 15.7 Å². The van der Waals surface area contributed by atoms with Gasteiger partial charge in [-0.05, 0) is 24.6 Å². The van der Waals surface area contributed by atoms with Crippen LogP contribution in [0.2, 0.25) is 0 Å². The van der Waals surface area contributed by atoms with Gasteiger partial charge in [-0.2, -0.15) is 0 Å². The van der Waals surface area contributed by atoms with Crippen molar-refractivity contribution in [1.82, 2.24) is 4.98 Å². The van der Waals surface area contributed by atoms with Crippen LogP contribution < -0.4 is 4.90 Å². The van der Waals surface area contributed by atoms with Gasteiger partial charge < -0.3 is 10.0 Å². The maximum atomic E-state index is 11.1. The Morgan fingerprint density at radius 1 is 1.53 bits per heavy atom. The van der Waals surface area contributed by atoms with E-state index in [0.29, 0.717) is 12.4 Å². The molecule has 0 aliphatic heterocycles. The third kappa shape index (κ3) is 4.70. The molecule has 0 unspecified atom stereocenters. The van der Waals surface area contributed by atoms with Crippen LogP contribution in [-0.4, -0.2) is 44.1 Å². The normalized spacial score (nSPS) is 13.4. The molecule has 17 heavy (non-hydrogen) atoms. The Morgan fingerprint density at radius 2 is 2.18 bits per heavy atom. The van der Waals surface area contributed by atoms with Gasteiger partial charge in [-0.1, -0.05) is 0 Å². The van der Waals surface area contributed by atoms with Crippen molar-refractivity contribution in [2.24, 2.45) is 0 Å². The number of aliphatic hydroxyl groups excluding tert-OH is 1. The summed E-state index contributed by atoms with van der Waals surface area (Å²) in [5, 5.41) is 9.45. The van der Waals surface area contributed by atoms with Crippen LogP contribution in [0.5, 0.6) is 0 Å². The van der Waals surface area contributed by atoms with E-state index in [2.05, 4.69) is 4.98 Å². The lowest BCUT2D eigenvalue weighted by molar-refractivity contribution is 0.199. The van der Waals surface area contributed by atoms with Gasteiger partial charge in [0.1, 0.15) is 15.7 Å². The highest BCUT2D eigenvalue weighted by molar-refractivity contribution is 7.90. The van der Waals surface area contributed by atoms with Crippen LogP contribution in [0.1, 0.15) is 18.6 Å². The predicted molar refractivity (Wildman–Crippen MR) is 67.9 cm³/mol. The molecule has 1 N–H and O–H groups in total. The average Bonchev–Trinajstić information content (AvgIpc) is 2.25. The topological polar surface area (TPSA) is 70.5 Å². The summed E-state index contributed by atoms with van der Waals surface area (Å²) in [6, 6.07) is 3.49. The molecule has 0 spiro atoms. The number of aromatic nitrogens is 1. The van der Waals surface area contributed by atoms with E-state index in [4.69, 9.17) is 0 Å². The molecule has 0 aliphatic rings. The predicted octanol–water partition coefficient (Wildman–Crippen LogP) is 0.616. The largest absolute Gasteiger partial charge is 0.389 e. The second-order valence-electron chi connectivity index (χ2n) is 4.17. The van der Waals surface area contributed by atoms with E-state index < -0.39 is 15.9 Å². The molecule has 6 heteroatoms. The molecule has 1 rings (SSSR count). The molecule has 0 aliphatic carbocycles. The van der Waals surface area contributed by atoms with Gasteiger partial charge in [-0.15, -0.1) is 0 Å². The van der Waals surface area contributed by atoms with E-state index in [9.17, 15) is 13.5 Å². The first-order chi connectivity index (χ1) is 7.79. The van der Waals surface area contributed by atoms with Gasteiger partial charge in [0, 0.05) is 26.0 Å². The maximum absolute atomic E-state index is 11.1. The van der Waals surface area contributed by atoms with Crippen LogP contribution in [0.3, 0.4) is 0 Å². The minimum Gasteiger partial charge on any atom is -0.389 e. The molecule has 0 fully saturated rings. The Balaban J connectivity index is 2.75. The number of aliphatic hydroxyl groups is 1. The van der Waals surface area contributed by atoms with E-state index in [-0.39, 0.29) is 5.75 Å². The molecule has 5 nitrogen and oxygen atoms in total. The van der Waals surface area contributed by atoms with Crippen LogP contribution in [0, 0.1) is 0 Å². The summed E-state index contributed by atoms with van der Waals surface area (Å²) in [5.74, 6) is 0.747. The molecule has 1 heterocycles. The lowest BCUT2D eigenvalue weighted by Gasteiger charge is -2.18. The smallest absolute Gasteiger partial charge is 0.149 e. The molecule has 0 amide bonds. The highest BCUT2D eigenvalue weighted by atomic mass is 32.2. The van der Waals surface area contributed by atoms with Crippen molar-refractivity contribution in [2.75, 3.05) is 30.5 Å². The van der Waals surface area contributed by atoms with E-state index in [0.717, 1.165) is 5.56 Å². The Morgan fingerprint density at radius 3 is 2.71 bits per heavy atom. The van der Waals surface area contributed by atoms with E-state index in [1.807, 2.05) is 0 Å². The fourth-order valence-corrected chi connectivity index (χ4v) is 1.93. The van der Waals surface area contributed by atoms with Crippen molar-refractivity contribution < 1.29 is 13.5 Å². The Bertz CT molecular complexity index is 471. The standard InChI is InChI=1S/C11H18N2O3S/c1-9(14)10-4-5-12-11(8-10)13(2)6-7-17(3,15)16/h4-5,8-9,14H,6-7H2,1-3H3/t9-/m1/s1. The molecule has 1 atom stereocenters. The quantitative estimate of drug-likeness (QED) is 0.838. The minimum absolute atomic E-state index is 0.0874. The van der Waals surface area contributed by atoms with Crippen molar-refractivity contribution in [3.8, 4) is 0 Å². The zero-order valence-electron chi connectivity index (χ0n) is 10.3. The summed E-state index contributed by atoms with van der Waals surface area (Å²) in [4.78, 5) is 5.90. The van der Waals surface area contributed by atoms with Crippen molar-refractivity contribution in [3.63, 3.8) is 0 Å². The molecular formula is C11H18N2O3S. The van der Waals surface area contributed by atoms with Gasteiger partial charge in [0.25, 0.3) is 0 Å². The zero-order chi connectivity index (χ0) is 13.1. The van der Waals surface area contributed by atoms with Crippen LogP contribution in [-0.2, 0) is 9.84 Å². The lowest BCUT2D eigenvalue weighted by atomic mass is 10.2. The SMILES string of the molecule is C[C@@H](O)c1ccnc(N(C)CCS(C)(=O)=O)c1. The number of rotatable bonds is 5. The summed E-state index contributed by atoms with van der Waals surface area (Å²) in [6.07, 6.45) is 2.26. The number of sulfone groups is 1. The highest BCUT2D eigenvalue weighted by Crippen LogP contribution is 2.16. The van der Waals surface area contributed by atoms with Gasteiger partial charge in [0.05, 0.1) is 11.9 Å². The number of nitrogens with zero attached hydrogens (tertiary/aromatic N) is 2. The molecular weight excluding hydrogens is 240 g/mol. The molecule has 0 saturated heterocycles. The summed E-state index contributed by atoms with van der Waals surface area (Å²) in [6.45, 7) is 2.06. The van der Waals surface area contributed by atoms with Crippen molar-refractivity contribution in [1.29, 1.82) is 0 Å². The average molecular weight is 258 g/mol. The second kappa shape index (κ2) is 5.46. The number of anilines is 1. The minimum atomic E-state index is -2.97. The summed E-state index contributed by atoms with van der Waals surface area (Å²) in [7, 11) is -1.20. The number of pyridine rings is 1.